The standard InChI is InChI=1S/C8H12FN/c1-8(9)5-3-2-4-7(8)6-10/h2-5,7H,6,10H2,1H3. The SMILES string of the molecule is CC1(F)C=CC=CC1CN. The molecule has 1 aliphatic rings. The van der Waals surface area contributed by atoms with Crippen LogP contribution in [0.1, 0.15) is 6.92 Å². The second-order valence-electron chi connectivity index (χ2n) is 2.74. The zero-order valence-corrected chi connectivity index (χ0v) is 6.05. The van der Waals surface area contributed by atoms with Crippen molar-refractivity contribution >= 4 is 0 Å². The predicted octanol–water partition coefficient (Wildman–Crippen LogP) is 1.42. The summed E-state index contributed by atoms with van der Waals surface area (Å²) in [5.74, 6) is -0.155. The first-order chi connectivity index (χ1) is 4.67. The average Bonchev–Trinajstić information content (AvgIpc) is 1.87. The summed E-state index contributed by atoms with van der Waals surface area (Å²) in [7, 11) is 0. The molecule has 0 bridgehead atoms. The largest absolute Gasteiger partial charge is 0.330 e. The number of alkyl halides is 1. The Morgan fingerprint density at radius 3 is 2.70 bits per heavy atom. The topological polar surface area (TPSA) is 26.0 Å². The summed E-state index contributed by atoms with van der Waals surface area (Å²) >= 11 is 0. The van der Waals surface area contributed by atoms with Gasteiger partial charge in [-0.3, -0.25) is 0 Å². The Bertz CT molecular complexity index is 170. The number of nitrogens with two attached hydrogens (primary N) is 1. The molecule has 0 aromatic rings. The summed E-state index contributed by atoms with van der Waals surface area (Å²) in [6, 6.07) is 0. The molecule has 0 aliphatic heterocycles. The van der Waals surface area contributed by atoms with Gasteiger partial charge in [0.2, 0.25) is 0 Å². The molecule has 0 radical (unpaired) electrons. The van der Waals surface area contributed by atoms with E-state index in [9.17, 15) is 4.39 Å². The highest BCUT2D eigenvalue weighted by Gasteiger charge is 2.29. The van der Waals surface area contributed by atoms with Gasteiger partial charge in [-0.2, -0.15) is 0 Å². The summed E-state index contributed by atoms with van der Waals surface area (Å²) in [6.45, 7) is 1.92. The molecule has 0 aromatic heterocycles. The van der Waals surface area contributed by atoms with Gasteiger partial charge in [-0.05, 0) is 13.0 Å². The summed E-state index contributed by atoms with van der Waals surface area (Å²) in [4.78, 5) is 0. The fourth-order valence-corrected chi connectivity index (χ4v) is 1.06. The van der Waals surface area contributed by atoms with Crippen LogP contribution in [0.5, 0.6) is 0 Å². The highest BCUT2D eigenvalue weighted by molar-refractivity contribution is 5.20. The second-order valence-corrected chi connectivity index (χ2v) is 2.74. The Morgan fingerprint density at radius 1 is 1.60 bits per heavy atom. The van der Waals surface area contributed by atoms with Crippen LogP contribution in [0.25, 0.3) is 0 Å². The fourth-order valence-electron chi connectivity index (χ4n) is 1.06. The van der Waals surface area contributed by atoms with Gasteiger partial charge in [0.1, 0.15) is 5.67 Å². The minimum absolute atomic E-state index is 0.155. The van der Waals surface area contributed by atoms with Crippen molar-refractivity contribution in [2.24, 2.45) is 11.7 Å². The quantitative estimate of drug-likeness (QED) is 0.587. The Balaban J connectivity index is 2.74. The van der Waals surface area contributed by atoms with E-state index in [0.717, 1.165) is 0 Å². The third-order valence-electron chi connectivity index (χ3n) is 1.86. The second kappa shape index (κ2) is 2.54. The normalized spacial score (nSPS) is 38.5. The Hall–Kier alpha value is -0.630. The highest BCUT2D eigenvalue weighted by Crippen LogP contribution is 2.26. The van der Waals surface area contributed by atoms with Crippen molar-refractivity contribution in [1.82, 2.24) is 0 Å². The van der Waals surface area contributed by atoms with Gasteiger partial charge in [0.05, 0.1) is 0 Å². The first-order valence-electron chi connectivity index (χ1n) is 3.42. The maximum atomic E-state index is 13.3. The zero-order valence-electron chi connectivity index (χ0n) is 6.05. The average molecular weight is 141 g/mol. The molecule has 2 atom stereocenters. The molecule has 1 rings (SSSR count). The minimum Gasteiger partial charge on any atom is -0.330 e. The first kappa shape index (κ1) is 7.48. The maximum Gasteiger partial charge on any atom is 0.134 e. The van der Waals surface area contributed by atoms with Gasteiger partial charge in [-0.25, -0.2) is 4.39 Å². The van der Waals surface area contributed by atoms with Gasteiger partial charge in [-0.15, -0.1) is 0 Å². The highest BCUT2D eigenvalue weighted by atomic mass is 19.1. The molecule has 1 aliphatic carbocycles. The molecule has 2 unspecified atom stereocenters. The van der Waals surface area contributed by atoms with E-state index in [1.807, 2.05) is 6.08 Å². The van der Waals surface area contributed by atoms with Crippen LogP contribution in [-0.4, -0.2) is 12.2 Å². The molecular weight excluding hydrogens is 129 g/mol. The van der Waals surface area contributed by atoms with Gasteiger partial charge < -0.3 is 5.73 Å². The molecule has 0 aromatic carbocycles. The molecule has 0 saturated carbocycles. The molecule has 2 heteroatoms. The van der Waals surface area contributed by atoms with E-state index in [2.05, 4.69) is 0 Å². The van der Waals surface area contributed by atoms with E-state index >= 15 is 0 Å². The van der Waals surface area contributed by atoms with Crippen molar-refractivity contribution in [3.63, 3.8) is 0 Å². The molecular formula is C8H12FN. The van der Waals surface area contributed by atoms with Crippen LogP contribution in [0, 0.1) is 5.92 Å². The Labute approximate surface area is 60.4 Å². The molecule has 10 heavy (non-hydrogen) atoms. The van der Waals surface area contributed by atoms with Crippen LogP contribution >= 0.6 is 0 Å². The predicted molar refractivity (Wildman–Crippen MR) is 40.3 cm³/mol. The van der Waals surface area contributed by atoms with E-state index in [4.69, 9.17) is 5.73 Å². The molecule has 56 valence electrons. The van der Waals surface area contributed by atoms with Crippen molar-refractivity contribution in [2.75, 3.05) is 6.54 Å². The van der Waals surface area contributed by atoms with Crippen molar-refractivity contribution in [2.45, 2.75) is 12.6 Å². The minimum atomic E-state index is -1.25. The Morgan fingerprint density at radius 2 is 2.30 bits per heavy atom. The third kappa shape index (κ3) is 1.27. The smallest absolute Gasteiger partial charge is 0.134 e. The summed E-state index contributed by atoms with van der Waals surface area (Å²) in [5, 5.41) is 0. The number of hydrogen-bond acceptors (Lipinski definition) is 1. The van der Waals surface area contributed by atoms with Crippen molar-refractivity contribution in [3.8, 4) is 0 Å². The number of rotatable bonds is 1. The molecule has 0 amide bonds. The maximum absolute atomic E-state index is 13.3. The first-order valence-corrected chi connectivity index (χ1v) is 3.42. The van der Waals surface area contributed by atoms with E-state index < -0.39 is 5.67 Å². The summed E-state index contributed by atoms with van der Waals surface area (Å²) in [5.41, 5.74) is 4.11. The van der Waals surface area contributed by atoms with Crippen molar-refractivity contribution in [3.05, 3.63) is 24.3 Å². The molecule has 2 N–H and O–H groups in total. The monoisotopic (exact) mass is 141 g/mol. The van der Waals surface area contributed by atoms with Gasteiger partial charge in [0.15, 0.2) is 0 Å². The van der Waals surface area contributed by atoms with Gasteiger partial charge in [0.25, 0.3) is 0 Å². The molecule has 1 nitrogen and oxygen atoms in total. The lowest BCUT2D eigenvalue weighted by Crippen LogP contribution is -2.33. The van der Waals surface area contributed by atoms with Crippen LogP contribution < -0.4 is 5.73 Å². The van der Waals surface area contributed by atoms with Gasteiger partial charge in [0, 0.05) is 12.5 Å². The molecule has 0 saturated heterocycles. The number of allylic oxidation sites excluding steroid dienone is 3. The molecule has 0 heterocycles. The number of hydrogen-bond donors (Lipinski definition) is 1. The lowest BCUT2D eigenvalue weighted by molar-refractivity contribution is 0.193. The van der Waals surface area contributed by atoms with Gasteiger partial charge >= 0.3 is 0 Å². The van der Waals surface area contributed by atoms with E-state index in [1.54, 1.807) is 25.2 Å². The lowest BCUT2D eigenvalue weighted by atomic mass is 9.87. The molecule has 0 spiro atoms. The van der Waals surface area contributed by atoms with E-state index in [0.29, 0.717) is 6.54 Å². The third-order valence-corrected chi connectivity index (χ3v) is 1.86. The number of halogens is 1. The zero-order chi connectivity index (χ0) is 7.61. The molecule has 0 fully saturated rings. The van der Waals surface area contributed by atoms with E-state index in [1.165, 1.54) is 0 Å². The fraction of sp³-hybridized carbons (Fsp3) is 0.500. The van der Waals surface area contributed by atoms with Crippen molar-refractivity contribution in [1.29, 1.82) is 0 Å². The van der Waals surface area contributed by atoms with Crippen LogP contribution in [0.3, 0.4) is 0 Å². The Kier molecular flexibility index (Phi) is 1.90. The van der Waals surface area contributed by atoms with Gasteiger partial charge in [-0.1, -0.05) is 18.2 Å². The van der Waals surface area contributed by atoms with E-state index in [-0.39, 0.29) is 5.92 Å². The van der Waals surface area contributed by atoms with Crippen LogP contribution in [0.2, 0.25) is 0 Å². The van der Waals surface area contributed by atoms with Crippen molar-refractivity contribution < 1.29 is 4.39 Å². The summed E-state index contributed by atoms with van der Waals surface area (Å²) in [6.07, 6.45) is 6.90. The lowest BCUT2D eigenvalue weighted by Gasteiger charge is -2.25. The van der Waals surface area contributed by atoms with Crippen LogP contribution in [-0.2, 0) is 0 Å². The van der Waals surface area contributed by atoms with Crippen LogP contribution in [0.4, 0.5) is 4.39 Å². The van der Waals surface area contributed by atoms with Crippen LogP contribution in [0.15, 0.2) is 24.3 Å². The summed E-state index contributed by atoms with van der Waals surface area (Å²) < 4.78 is 13.3.